The molecule has 2 N–H and O–H groups in total. The summed E-state index contributed by atoms with van der Waals surface area (Å²) >= 11 is 0. The summed E-state index contributed by atoms with van der Waals surface area (Å²) in [6.45, 7) is 4.39. The number of aromatic nitrogens is 4. The molecule has 0 bridgehead atoms. The Kier molecular flexibility index (Phi) is 10.3. The topological polar surface area (TPSA) is 92.0 Å². The molecule has 62 heavy (non-hydrogen) atoms. The number of aryl methyl sites for hydroxylation is 2. The van der Waals surface area contributed by atoms with E-state index < -0.39 is 0 Å². The van der Waals surface area contributed by atoms with Crippen molar-refractivity contribution in [2.45, 2.75) is 52.4 Å². The van der Waals surface area contributed by atoms with E-state index in [4.69, 9.17) is 19.9 Å². The average molecular weight is 807 g/mol. The Bertz CT molecular complexity index is 3090. The molecule has 10 aromatic rings. The van der Waals surface area contributed by atoms with Gasteiger partial charge < -0.3 is 10.2 Å². The highest BCUT2D eigenvalue weighted by Gasteiger charge is 2.23. The summed E-state index contributed by atoms with van der Waals surface area (Å²) in [7, 11) is 0. The van der Waals surface area contributed by atoms with Crippen molar-refractivity contribution in [2.75, 3.05) is 0 Å². The van der Waals surface area contributed by atoms with Gasteiger partial charge in [-0.3, -0.25) is 9.97 Å². The minimum Gasteiger partial charge on any atom is -0.507 e. The first kappa shape index (κ1) is 38.7. The molecule has 0 saturated heterocycles. The van der Waals surface area contributed by atoms with Crippen LogP contribution in [0.4, 0.5) is 0 Å². The van der Waals surface area contributed by atoms with E-state index in [2.05, 4.69) is 98.8 Å². The number of hydrogen-bond donors (Lipinski definition) is 2. The van der Waals surface area contributed by atoms with Gasteiger partial charge in [0.2, 0.25) is 0 Å². The fourth-order valence-corrected chi connectivity index (χ4v) is 8.90. The maximum Gasteiger partial charge on any atom is 0.134 e. The first-order valence-electron chi connectivity index (χ1n) is 21.7. The third-order valence-corrected chi connectivity index (χ3v) is 12.1. The maximum absolute atomic E-state index is 12.4. The molecule has 4 heterocycles. The van der Waals surface area contributed by atoms with E-state index in [1.165, 1.54) is 0 Å². The van der Waals surface area contributed by atoms with Gasteiger partial charge in [0, 0.05) is 56.2 Å². The van der Waals surface area contributed by atoms with Crippen molar-refractivity contribution >= 4 is 43.1 Å². The van der Waals surface area contributed by atoms with Crippen molar-refractivity contribution in [1.29, 1.82) is 0 Å². The van der Waals surface area contributed by atoms with Crippen LogP contribution in [-0.4, -0.2) is 30.1 Å². The Morgan fingerprint density at radius 1 is 0.387 bits per heavy atom. The van der Waals surface area contributed by atoms with Crippen LogP contribution in [0.5, 0.6) is 11.5 Å². The smallest absolute Gasteiger partial charge is 0.134 e. The SMILES string of the molecule is CCCCc1cc(-c2nccc3ccccc23)c(O)c(-c2nc(-c3cc4ccccc4c(-c4cc(CCCC)cc(-c5nccc6ccccc56)c4O)n3)cc3ccccc23)c1. The first-order chi connectivity index (χ1) is 30.5. The van der Waals surface area contributed by atoms with Crippen LogP contribution in [0.1, 0.15) is 50.7 Å². The number of rotatable bonds is 11. The molecule has 10 rings (SSSR count). The van der Waals surface area contributed by atoms with Crippen LogP contribution in [0.3, 0.4) is 0 Å². The van der Waals surface area contributed by atoms with Gasteiger partial charge in [-0.25, -0.2) is 9.97 Å². The largest absolute Gasteiger partial charge is 0.507 e. The van der Waals surface area contributed by atoms with Crippen LogP contribution < -0.4 is 0 Å². The van der Waals surface area contributed by atoms with Crippen LogP contribution in [-0.2, 0) is 12.8 Å². The van der Waals surface area contributed by atoms with Gasteiger partial charge >= 0.3 is 0 Å². The number of aromatic hydroxyl groups is 2. The van der Waals surface area contributed by atoms with E-state index in [0.29, 0.717) is 45.0 Å². The minimum absolute atomic E-state index is 0.138. The van der Waals surface area contributed by atoms with Crippen molar-refractivity contribution in [3.05, 3.63) is 169 Å². The third-order valence-electron chi connectivity index (χ3n) is 12.1. The van der Waals surface area contributed by atoms with Gasteiger partial charge in [0.1, 0.15) is 11.5 Å². The lowest BCUT2D eigenvalue weighted by Crippen LogP contribution is -1.99. The number of fused-ring (bicyclic) bond motifs is 4. The number of hydrogen-bond acceptors (Lipinski definition) is 6. The molecule has 6 aromatic carbocycles. The van der Waals surface area contributed by atoms with Crippen LogP contribution in [0, 0.1) is 0 Å². The zero-order valence-electron chi connectivity index (χ0n) is 34.9. The van der Waals surface area contributed by atoms with Crippen molar-refractivity contribution < 1.29 is 10.2 Å². The summed E-state index contributed by atoms with van der Waals surface area (Å²) in [5.74, 6) is 0.277. The van der Waals surface area contributed by atoms with E-state index in [9.17, 15) is 10.2 Å². The van der Waals surface area contributed by atoms with Crippen LogP contribution in [0.15, 0.2) is 158 Å². The Balaban J connectivity index is 1.20. The summed E-state index contributed by atoms with van der Waals surface area (Å²) in [5, 5.41) is 32.7. The summed E-state index contributed by atoms with van der Waals surface area (Å²) < 4.78 is 0. The molecule has 0 unspecified atom stereocenters. The number of pyridine rings is 4. The molecular weight excluding hydrogens is 761 g/mol. The minimum atomic E-state index is 0.138. The number of phenols is 2. The molecule has 0 aliphatic rings. The van der Waals surface area contributed by atoms with E-state index in [-0.39, 0.29) is 11.5 Å². The predicted molar refractivity (Wildman–Crippen MR) is 255 cm³/mol. The third kappa shape index (κ3) is 7.07. The molecule has 0 atom stereocenters. The molecule has 0 amide bonds. The molecule has 0 aliphatic heterocycles. The van der Waals surface area contributed by atoms with Crippen molar-refractivity contribution in [3.8, 4) is 67.9 Å². The van der Waals surface area contributed by atoms with Crippen molar-refractivity contribution in [3.63, 3.8) is 0 Å². The summed E-state index contributed by atoms with van der Waals surface area (Å²) in [5.41, 5.74) is 9.01. The molecule has 0 spiro atoms. The van der Waals surface area contributed by atoms with Crippen molar-refractivity contribution in [2.24, 2.45) is 0 Å². The first-order valence-corrected chi connectivity index (χ1v) is 21.7. The fourth-order valence-electron chi connectivity index (χ4n) is 8.90. The highest BCUT2D eigenvalue weighted by molar-refractivity contribution is 6.04. The second-order valence-electron chi connectivity index (χ2n) is 16.2. The summed E-state index contributed by atoms with van der Waals surface area (Å²) in [6, 6.07) is 49.3. The number of unbranched alkanes of at least 4 members (excludes halogenated alkanes) is 2. The Hall–Kier alpha value is -7.44. The van der Waals surface area contributed by atoms with Crippen LogP contribution in [0.25, 0.3) is 99.5 Å². The summed E-state index contributed by atoms with van der Waals surface area (Å²) in [4.78, 5) is 20.5. The molecule has 6 heteroatoms. The lowest BCUT2D eigenvalue weighted by atomic mass is 9.92. The normalized spacial score (nSPS) is 11.6. The van der Waals surface area contributed by atoms with Gasteiger partial charge in [-0.1, -0.05) is 124 Å². The lowest BCUT2D eigenvalue weighted by molar-refractivity contribution is 0.478. The molecule has 302 valence electrons. The van der Waals surface area contributed by atoms with E-state index in [0.717, 1.165) is 104 Å². The maximum atomic E-state index is 12.4. The van der Waals surface area contributed by atoms with Gasteiger partial charge in [-0.15, -0.1) is 0 Å². The molecule has 4 aromatic heterocycles. The zero-order valence-corrected chi connectivity index (χ0v) is 34.9. The second kappa shape index (κ2) is 16.5. The number of phenolic OH excluding ortho intramolecular Hbond substituents is 2. The van der Waals surface area contributed by atoms with E-state index in [1.54, 1.807) is 0 Å². The van der Waals surface area contributed by atoms with Crippen molar-refractivity contribution in [1.82, 2.24) is 19.9 Å². The Labute approximate surface area is 361 Å². The molecule has 6 nitrogen and oxygen atoms in total. The zero-order chi connectivity index (χ0) is 42.2. The number of nitrogens with zero attached hydrogens (tertiary/aromatic N) is 4. The van der Waals surface area contributed by atoms with Gasteiger partial charge in [0.05, 0.1) is 34.2 Å². The van der Waals surface area contributed by atoms with Gasteiger partial charge in [-0.05, 0) is 107 Å². The fraction of sp³-hybridized carbons (Fsp3) is 0.143. The molecular formula is C56H46N4O2. The summed E-state index contributed by atoms with van der Waals surface area (Å²) in [6.07, 6.45) is 9.43. The Morgan fingerprint density at radius 3 is 1.11 bits per heavy atom. The average Bonchev–Trinajstić information content (AvgIpc) is 3.32. The lowest BCUT2D eigenvalue weighted by Gasteiger charge is -2.18. The second-order valence-corrected chi connectivity index (χ2v) is 16.2. The highest BCUT2D eigenvalue weighted by Crippen LogP contribution is 2.46. The molecule has 0 radical (unpaired) electrons. The van der Waals surface area contributed by atoms with Crippen LogP contribution >= 0.6 is 0 Å². The monoisotopic (exact) mass is 806 g/mol. The van der Waals surface area contributed by atoms with Gasteiger partial charge in [-0.2, -0.15) is 0 Å². The quantitative estimate of drug-likeness (QED) is 0.135. The molecule has 0 aliphatic carbocycles. The predicted octanol–water partition coefficient (Wildman–Crippen LogP) is 14.3. The van der Waals surface area contributed by atoms with Gasteiger partial charge in [0.25, 0.3) is 0 Å². The molecule has 0 saturated carbocycles. The van der Waals surface area contributed by atoms with Gasteiger partial charge in [0.15, 0.2) is 0 Å². The van der Waals surface area contributed by atoms with E-state index in [1.807, 2.05) is 73.1 Å². The molecule has 0 fully saturated rings. The standard InChI is InChI=1S/C56H46N4O2/c1-3-5-15-35-29-45(51-41-21-11-7-17-37(41)25-27-57-51)55(61)47(31-35)53-43-23-13-9-19-39(43)33-49(59-53)50-34-40-20-10-14-24-44(40)54(60-50)48-32-36(16-6-4-2)30-46(56(48)62)52-42-22-12-8-18-38(42)26-28-58-52/h7-14,17-34,61-62H,3-6,15-16H2,1-2H3. The highest BCUT2D eigenvalue weighted by atomic mass is 16.3. The number of benzene rings is 6. The van der Waals surface area contributed by atoms with Crippen LogP contribution in [0.2, 0.25) is 0 Å². The van der Waals surface area contributed by atoms with E-state index >= 15 is 0 Å². The Morgan fingerprint density at radius 2 is 0.726 bits per heavy atom.